The molecular formula is C17H12NO5S-. The zero-order valence-electron chi connectivity index (χ0n) is 12.3. The van der Waals surface area contributed by atoms with Crippen LogP contribution in [-0.4, -0.2) is 24.0 Å². The third kappa shape index (κ3) is 3.22. The fourth-order valence-corrected chi connectivity index (χ4v) is 2.78. The molecule has 0 spiro atoms. The molecule has 2 N–H and O–H groups in total. The highest BCUT2D eigenvalue weighted by Crippen LogP contribution is 2.26. The van der Waals surface area contributed by atoms with Crippen LogP contribution in [0.25, 0.3) is 10.8 Å². The van der Waals surface area contributed by atoms with Crippen molar-refractivity contribution in [2.45, 2.75) is 4.90 Å². The Bertz CT molecular complexity index is 1030. The Morgan fingerprint density at radius 1 is 0.958 bits per heavy atom. The summed E-state index contributed by atoms with van der Waals surface area (Å²) in [6.07, 6.45) is 0. The number of phenols is 1. The molecular weight excluding hydrogens is 330 g/mol. The first kappa shape index (κ1) is 16.0. The first-order valence-electron chi connectivity index (χ1n) is 6.94. The minimum absolute atomic E-state index is 0.0919. The van der Waals surface area contributed by atoms with Crippen molar-refractivity contribution in [2.24, 2.45) is 0 Å². The van der Waals surface area contributed by atoms with Gasteiger partial charge in [-0.2, -0.15) is 0 Å². The predicted octanol–water partition coefficient (Wildman–Crippen LogP) is 2.70. The van der Waals surface area contributed by atoms with Crippen LogP contribution in [0.3, 0.4) is 0 Å². The van der Waals surface area contributed by atoms with E-state index in [4.69, 9.17) is 0 Å². The molecule has 0 heterocycles. The summed E-state index contributed by atoms with van der Waals surface area (Å²) in [5, 5.41) is 14.2. The lowest BCUT2D eigenvalue weighted by Gasteiger charge is -2.10. The van der Waals surface area contributed by atoms with Crippen molar-refractivity contribution >= 4 is 32.5 Å². The maximum Gasteiger partial charge on any atom is 0.259 e. The van der Waals surface area contributed by atoms with Crippen molar-refractivity contribution in [3.63, 3.8) is 0 Å². The Morgan fingerprint density at radius 2 is 1.54 bits per heavy atom. The lowest BCUT2D eigenvalue weighted by atomic mass is 10.1. The van der Waals surface area contributed by atoms with Gasteiger partial charge >= 0.3 is 0 Å². The molecule has 0 aliphatic rings. The van der Waals surface area contributed by atoms with Gasteiger partial charge in [-0.25, -0.2) is 8.42 Å². The second-order valence-electron chi connectivity index (χ2n) is 5.15. The van der Waals surface area contributed by atoms with E-state index in [0.717, 1.165) is 22.9 Å². The van der Waals surface area contributed by atoms with E-state index in [2.05, 4.69) is 5.32 Å². The number of hydrogen-bond donors (Lipinski definition) is 2. The fraction of sp³-hybridized carbons (Fsp3) is 0. The van der Waals surface area contributed by atoms with Crippen LogP contribution in [0.4, 0.5) is 5.69 Å². The largest absolute Gasteiger partial charge is 0.744 e. The number of fused-ring (bicyclic) bond motifs is 1. The summed E-state index contributed by atoms with van der Waals surface area (Å²) in [7, 11) is -4.53. The van der Waals surface area contributed by atoms with Crippen molar-refractivity contribution in [1.29, 1.82) is 0 Å². The Labute approximate surface area is 138 Å². The van der Waals surface area contributed by atoms with Gasteiger partial charge < -0.3 is 15.0 Å². The summed E-state index contributed by atoms with van der Waals surface area (Å²) in [4.78, 5) is 11.9. The van der Waals surface area contributed by atoms with E-state index in [1.807, 2.05) is 24.3 Å². The highest BCUT2D eigenvalue weighted by atomic mass is 32.2. The number of hydrogen-bond acceptors (Lipinski definition) is 5. The maximum atomic E-state index is 12.3. The minimum Gasteiger partial charge on any atom is -0.744 e. The number of carbonyl (C=O) groups excluding carboxylic acids is 1. The van der Waals surface area contributed by atoms with Crippen molar-refractivity contribution in [3.8, 4) is 5.75 Å². The molecule has 0 atom stereocenters. The molecule has 3 rings (SSSR count). The summed E-state index contributed by atoms with van der Waals surface area (Å²) in [5.41, 5.74) is 0.397. The van der Waals surface area contributed by atoms with Gasteiger partial charge in [-0.15, -0.1) is 0 Å². The summed E-state index contributed by atoms with van der Waals surface area (Å²) < 4.78 is 32.6. The standard InChI is InChI=1S/C17H13NO5S/c19-16-10-12-4-2-1-3-11(12)9-15(16)17(20)18-13-5-7-14(8-6-13)24(21,22)23/h1-10,19H,(H,18,20)(H,21,22,23)/p-1. The summed E-state index contributed by atoms with van der Waals surface area (Å²) >= 11 is 0. The average molecular weight is 342 g/mol. The van der Waals surface area contributed by atoms with E-state index >= 15 is 0 Å². The molecule has 0 aliphatic carbocycles. The quantitative estimate of drug-likeness (QED) is 0.712. The van der Waals surface area contributed by atoms with Gasteiger partial charge in [-0.1, -0.05) is 24.3 Å². The van der Waals surface area contributed by atoms with Gasteiger partial charge in [0.05, 0.1) is 10.5 Å². The van der Waals surface area contributed by atoms with Crippen LogP contribution in [-0.2, 0) is 10.1 Å². The van der Waals surface area contributed by atoms with Gasteiger partial charge in [0.2, 0.25) is 0 Å². The van der Waals surface area contributed by atoms with Crippen LogP contribution in [0.2, 0.25) is 0 Å². The molecule has 6 nitrogen and oxygen atoms in total. The van der Waals surface area contributed by atoms with E-state index in [-0.39, 0.29) is 16.2 Å². The molecule has 0 aromatic heterocycles. The molecule has 7 heteroatoms. The lowest BCUT2D eigenvalue weighted by molar-refractivity contribution is 0.102. The maximum absolute atomic E-state index is 12.3. The number of aromatic hydroxyl groups is 1. The minimum atomic E-state index is -4.53. The third-order valence-electron chi connectivity index (χ3n) is 3.51. The topological polar surface area (TPSA) is 107 Å². The second-order valence-corrected chi connectivity index (χ2v) is 6.53. The molecule has 3 aromatic carbocycles. The summed E-state index contributed by atoms with van der Waals surface area (Å²) in [5.74, 6) is -0.707. The molecule has 1 amide bonds. The van der Waals surface area contributed by atoms with E-state index < -0.39 is 16.0 Å². The number of phenolic OH excluding ortho intramolecular Hbond substituents is 1. The molecule has 0 fully saturated rings. The highest BCUT2D eigenvalue weighted by Gasteiger charge is 2.13. The SMILES string of the molecule is O=C(Nc1ccc(S(=O)(=O)[O-])cc1)c1cc2ccccc2cc1O. The Morgan fingerprint density at radius 3 is 2.12 bits per heavy atom. The normalized spacial score (nSPS) is 11.4. The second kappa shape index (κ2) is 5.95. The smallest absolute Gasteiger partial charge is 0.259 e. The van der Waals surface area contributed by atoms with Gasteiger partial charge in [-0.05, 0) is 47.2 Å². The van der Waals surface area contributed by atoms with Crippen LogP contribution >= 0.6 is 0 Å². The molecule has 0 radical (unpaired) electrons. The fourth-order valence-electron chi connectivity index (χ4n) is 2.31. The first-order chi connectivity index (χ1) is 11.3. The number of nitrogens with one attached hydrogen (secondary N) is 1. The molecule has 122 valence electrons. The zero-order chi connectivity index (χ0) is 17.3. The lowest BCUT2D eigenvalue weighted by Crippen LogP contribution is -2.12. The molecule has 0 saturated heterocycles. The van der Waals surface area contributed by atoms with Crippen LogP contribution < -0.4 is 5.32 Å². The molecule has 24 heavy (non-hydrogen) atoms. The molecule has 0 unspecified atom stereocenters. The van der Waals surface area contributed by atoms with Gasteiger partial charge in [0, 0.05) is 5.69 Å². The van der Waals surface area contributed by atoms with Crippen molar-refractivity contribution < 1.29 is 22.9 Å². The molecule has 0 bridgehead atoms. The van der Waals surface area contributed by atoms with Gasteiger partial charge in [0.1, 0.15) is 15.9 Å². The number of amides is 1. The number of anilines is 1. The monoisotopic (exact) mass is 342 g/mol. The average Bonchev–Trinajstić information content (AvgIpc) is 2.53. The third-order valence-corrected chi connectivity index (χ3v) is 4.36. The van der Waals surface area contributed by atoms with Crippen LogP contribution in [0, 0.1) is 0 Å². The Hall–Kier alpha value is -2.90. The zero-order valence-corrected chi connectivity index (χ0v) is 13.1. The van der Waals surface area contributed by atoms with Crippen LogP contribution in [0.15, 0.2) is 65.6 Å². The molecule has 0 saturated carbocycles. The Balaban J connectivity index is 1.88. The van der Waals surface area contributed by atoms with Gasteiger partial charge in [0.25, 0.3) is 5.91 Å². The predicted molar refractivity (Wildman–Crippen MR) is 88.0 cm³/mol. The summed E-state index contributed by atoms with van der Waals surface area (Å²) in [6.45, 7) is 0. The van der Waals surface area contributed by atoms with Crippen molar-refractivity contribution in [3.05, 3.63) is 66.2 Å². The number of rotatable bonds is 3. The van der Waals surface area contributed by atoms with Crippen LogP contribution in [0.1, 0.15) is 10.4 Å². The number of benzene rings is 3. The van der Waals surface area contributed by atoms with E-state index in [0.29, 0.717) is 5.69 Å². The van der Waals surface area contributed by atoms with E-state index in [1.165, 1.54) is 18.2 Å². The van der Waals surface area contributed by atoms with Crippen molar-refractivity contribution in [1.82, 2.24) is 0 Å². The first-order valence-corrected chi connectivity index (χ1v) is 8.34. The highest BCUT2D eigenvalue weighted by molar-refractivity contribution is 7.85. The van der Waals surface area contributed by atoms with Crippen molar-refractivity contribution in [2.75, 3.05) is 5.32 Å². The number of carbonyl (C=O) groups is 1. The summed E-state index contributed by atoms with van der Waals surface area (Å²) in [6, 6.07) is 15.2. The van der Waals surface area contributed by atoms with E-state index in [1.54, 1.807) is 6.07 Å². The van der Waals surface area contributed by atoms with E-state index in [9.17, 15) is 22.9 Å². The van der Waals surface area contributed by atoms with Gasteiger partial charge in [-0.3, -0.25) is 4.79 Å². The molecule has 0 aliphatic heterocycles. The van der Waals surface area contributed by atoms with Gasteiger partial charge in [0.15, 0.2) is 0 Å². The van der Waals surface area contributed by atoms with Crippen LogP contribution in [0.5, 0.6) is 5.75 Å². The Kier molecular flexibility index (Phi) is 3.96. The molecule has 3 aromatic rings.